The molecule has 0 amide bonds. The lowest BCUT2D eigenvalue weighted by Crippen LogP contribution is -2.33. The summed E-state index contributed by atoms with van der Waals surface area (Å²) < 4.78 is 29.0. The molecule has 2 unspecified atom stereocenters. The smallest absolute Gasteiger partial charge is 0.150 e. The molecule has 0 saturated heterocycles. The fourth-order valence-corrected chi connectivity index (χ4v) is 3.59. The molecule has 2 rings (SSSR count). The molecule has 2 atom stereocenters. The third kappa shape index (κ3) is 3.71. The molecule has 1 aliphatic rings. The van der Waals surface area contributed by atoms with Crippen molar-refractivity contribution in [3.63, 3.8) is 0 Å². The SMILES string of the molecule is CS(=O)(=O)C1CCCC(Oc2cccc(C#N)c2)C1. The summed E-state index contributed by atoms with van der Waals surface area (Å²) in [7, 11) is -3.00. The van der Waals surface area contributed by atoms with E-state index in [1.54, 1.807) is 24.3 Å². The summed E-state index contributed by atoms with van der Waals surface area (Å²) in [4.78, 5) is 0. The predicted molar refractivity (Wildman–Crippen MR) is 72.7 cm³/mol. The van der Waals surface area contributed by atoms with E-state index in [0.717, 1.165) is 19.3 Å². The highest BCUT2D eigenvalue weighted by molar-refractivity contribution is 7.91. The Hall–Kier alpha value is -1.54. The fraction of sp³-hybridized carbons (Fsp3) is 0.500. The lowest BCUT2D eigenvalue weighted by molar-refractivity contribution is 0.156. The van der Waals surface area contributed by atoms with Crippen molar-refractivity contribution in [2.45, 2.75) is 37.0 Å². The molecule has 0 aliphatic heterocycles. The molecule has 0 heterocycles. The highest BCUT2D eigenvalue weighted by Gasteiger charge is 2.29. The van der Waals surface area contributed by atoms with Gasteiger partial charge in [0.25, 0.3) is 0 Å². The van der Waals surface area contributed by atoms with Gasteiger partial charge in [0.2, 0.25) is 0 Å². The second-order valence-electron chi connectivity index (χ2n) is 5.00. The molecule has 1 saturated carbocycles. The van der Waals surface area contributed by atoms with Crippen molar-refractivity contribution in [3.05, 3.63) is 29.8 Å². The Morgan fingerprint density at radius 2 is 2.16 bits per heavy atom. The molecule has 102 valence electrons. The minimum absolute atomic E-state index is 0.0811. The Labute approximate surface area is 113 Å². The number of nitrogens with zero attached hydrogens (tertiary/aromatic N) is 1. The zero-order valence-electron chi connectivity index (χ0n) is 10.9. The third-order valence-corrected chi connectivity index (χ3v) is 5.09. The zero-order valence-corrected chi connectivity index (χ0v) is 11.7. The van der Waals surface area contributed by atoms with Crippen molar-refractivity contribution in [2.75, 3.05) is 6.26 Å². The van der Waals surface area contributed by atoms with Crippen LogP contribution in [0.4, 0.5) is 0 Å². The second kappa shape index (κ2) is 5.62. The van der Waals surface area contributed by atoms with E-state index in [0.29, 0.717) is 17.7 Å². The predicted octanol–water partition coefficient (Wildman–Crippen LogP) is 2.29. The number of benzene rings is 1. The number of sulfone groups is 1. The highest BCUT2D eigenvalue weighted by atomic mass is 32.2. The van der Waals surface area contributed by atoms with Crippen LogP contribution in [-0.2, 0) is 9.84 Å². The lowest BCUT2D eigenvalue weighted by atomic mass is 9.97. The van der Waals surface area contributed by atoms with Gasteiger partial charge in [0.05, 0.1) is 23.0 Å². The Kier molecular flexibility index (Phi) is 4.11. The Morgan fingerprint density at radius 3 is 2.84 bits per heavy atom. The van der Waals surface area contributed by atoms with Crippen LogP contribution in [0.3, 0.4) is 0 Å². The van der Waals surface area contributed by atoms with Gasteiger partial charge in [-0.2, -0.15) is 5.26 Å². The van der Waals surface area contributed by atoms with Crippen LogP contribution in [0.15, 0.2) is 24.3 Å². The Morgan fingerprint density at radius 1 is 1.37 bits per heavy atom. The molecule has 0 radical (unpaired) electrons. The van der Waals surface area contributed by atoms with Gasteiger partial charge in [0, 0.05) is 12.7 Å². The van der Waals surface area contributed by atoms with Crippen molar-refractivity contribution < 1.29 is 13.2 Å². The largest absolute Gasteiger partial charge is 0.490 e. The van der Waals surface area contributed by atoms with E-state index in [9.17, 15) is 8.42 Å². The average Bonchev–Trinajstić information content (AvgIpc) is 2.38. The number of hydrogen-bond acceptors (Lipinski definition) is 4. The molecule has 0 bridgehead atoms. The summed E-state index contributed by atoms with van der Waals surface area (Å²) in [5, 5.41) is 8.53. The second-order valence-corrected chi connectivity index (χ2v) is 7.32. The zero-order chi connectivity index (χ0) is 13.9. The van der Waals surface area contributed by atoms with E-state index in [1.165, 1.54) is 6.26 Å². The van der Waals surface area contributed by atoms with Crippen LogP contribution in [0, 0.1) is 11.3 Å². The number of nitriles is 1. The molecule has 5 heteroatoms. The molecule has 1 aromatic carbocycles. The summed E-state index contributed by atoms with van der Waals surface area (Å²) in [5.41, 5.74) is 0.549. The molecular weight excluding hydrogens is 262 g/mol. The maximum absolute atomic E-state index is 11.6. The van der Waals surface area contributed by atoms with Gasteiger partial charge in [-0.1, -0.05) is 6.07 Å². The van der Waals surface area contributed by atoms with Gasteiger partial charge in [-0.15, -0.1) is 0 Å². The Balaban J connectivity index is 2.05. The Bertz CT molecular complexity index is 589. The van der Waals surface area contributed by atoms with Crippen LogP contribution < -0.4 is 4.74 Å². The van der Waals surface area contributed by atoms with Gasteiger partial charge >= 0.3 is 0 Å². The maximum atomic E-state index is 11.6. The van der Waals surface area contributed by atoms with Crippen molar-refractivity contribution in [3.8, 4) is 11.8 Å². The minimum Gasteiger partial charge on any atom is -0.490 e. The molecule has 1 aromatic rings. The van der Waals surface area contributed by atoms with Gasteiger partial charge in [0.15, 0.2) is 0 Å². The molecule has 1 aliphatic carbocycles. The molecular formula is C14H17NO3S. The van der Waals surface area contributed by atoms with Gasteiger partial charge in [0.1, 0.15) is 15.6 Å². The normalized spacial score (nSPS) is 23.6. The summed E-state index contributed by atoms with van der Waals surface area (Å²) >= 11 is 0. The van der Waals surface area contributed by atoms with E-state index in [-0.39, 0.29) is 11.4 Å². The van der Waals surface area contributed by atoms with Crippen molar-refractivity contribution in [2.24, 2.45) is 0 Å². The summed E-state index contributed by atoms with van der Waals surface area (Å²) in [5.74, 6) is 0.637. The average molecular weight is 279 g/mol. The summed E-state index contributed by atoms with van der Waals surface area (Å²) in [6.07, 6.45) is 4.19. The minimum atomic E-state index is -3.00. The highest BCUT2D eigenvalue weighted by Crippen LogP contribution is 2.27. The standard InChI is InChI=1S/C14H17NO3S/c1-19(16,17)14-7-3-6-13(9-14)18-12-5-2-4-11(8-12)10-15/h2,4-5,8,13-14H,3,6-7,9H2,1H3. The van der Waals surface area contributed by atoms with Crippen LogP contribution in [-0.4, -0.2) is 26.0 Å². The van der Waals surface area contributed by atoms with Gasteiger partial charge in [-0.3, -0.25) is 0 Å². The van der Waals surface area contributed by atoms with E-state index < -0.39 is 9.84 Å². The molecule has 0 spiro atoms. The maximum Gasteiger partial charge on any atom is 0.150 e. The van der Waals surface area contributed by atoms with Crippen molar-refractivity contribution in [1.29, 1.82) is 5.26 Å². The monoisotopic (exact) mass is 279 g/mol. The van der Waals surface area contributed by atoms with Crippen LogP contribution in [0.5, 0.6) is 5.75 Å². The summed E-state index contributed by atoms with van der Waals surface area (Å²) in [6.45, 7) is 0. The van der Waals surface area contributed by atoms with E-state index in [4.69, 9.17) is 10.00 Å². The third-order valence-electron chi connectivity index (χ3n) is 3.45. The number of ether oxygens (including phenoxy) is 1. The van der Waals surface area contributed by atoms with Crippen LogP contribution >= 0.6 is 0 Å². The van der Waals surface area contributed by atoms with Gasteiger partial charge in [-0.05, 0) is 37.5 Å². The molecule has 0 aromatic heterocycles. The quantitative estimate of drug-likeness (QED) is 0.851. The molecule has 0 N–H and O–H groups in total. The fourth-order valence-electron chi connectivity index (χ4n) is 2.43. The first-order valence-corrected chi connectivity index (χ1v) is 8.30. The number of hydrogen-bond donors (Lipinski definition) is 0. The first-order chi connectivity index (χ1) is 8.99. The van der Waals surface area contributed by atoms with Crippen molar-refractivity contribution in [1.82, 2.24) is 0 Å². The van der Waals surface area contributed by atoms with E-state index in [1.807, 2.05) is 0 Å². The van der Waals surface area contributed by atoms with E-state index in [2.05, 4.69) is 6.07 Å². The molecule has 4 nitrogen and oxygen atoms in total. The van der Waals surface area contributed by atoms with Gasteiger partial charge in [-0.25, -0.2) is 8.42 Å². The lowest BCUT2D eigenvalue weighted by Gasteiger charge is -2.28. The van der Waals surface area contributed by atoms with Crippen molar-refractivity contribution >= 4 is 9.84 Å². The first kappa shape index (κ1) is 13.9. The summed E-state index contributed by atoms with van der Waals surface area (Å²) in [6, 6.07) is 9.03. The van der Waals surface area contributed by atoms with Crippen LogP contribution in [0.2, 0.25) is 0 Å². The van der Waals surface area contributed by atoms with Crippen LogP contribution in [0.25, 0.3) is 0 Å². The molecule has 1 fully saturated rings. The van der Waals surface area contributed by atoms with E-state index >= 15 is 0 Å². The van der Waals surface area contributed by atoms with Gasteiger partial charge < -0.3 is 4.74 Å². The molecule has 19 heavy (non-hydrogen) atoms. The van der Waals surface area contributed by atoms with Crippen LogP contribution in [0.1, 0.15) is 31.2 Å². The topological polar surface area (TPSA) is 67.2 Å². The first-order valence-electron chi connectivity index (χ1n) is 6.35. The number of rotatable bonds is 3.